The van der Waals surface area contributed by atoms with Crippen LogP contribution in [-0.2, 0) is 32.3 Å². The lowest BCUT2D eigenvalue weighted by molar-refractivity contribution is 0.443. The minimum absolute atomic E-state index is 0.107. The first-order valence-corrected chi connectivity index (χ1v) is 14.0. The van der Waals surface area contributed by atoms with Crippen molar-refractivity contribution in [2.45, 2.75) is 75.1 Å². The molecule has 0 amide bonds. The van der Waals surface area contributed by atoms with Gasteiger partial charge in [-0.3, -0.25) is 0 Å². The smallest absolute Gasteiger partial charge is 0.212 e. The Balaban J connectivity index is 1.58. The van der Waals surface area contributed by atoms with Gasteiger partial charge in [-0.25, -0.2) is 26.3 Å². The molecule has 1 saturated carbocycles. The quantitative estimate of drug-likeness (QED) is 0.586. The molecule has 0 spiro atoms. The van der Waals surface area contributed by atoms with E-state index < -0.39 is 20.0 Å². The maximum Gasteiger partial charge on any atom is 0.240 e. The Morgan fingerprint density at radius 2 is 1.42 bits per heavy atom. The minimum Gasteiger partial charge on any atom is -0.212 e. The van der Waals surface area contributed by atoms with Crippen LogP contribution >= 0.6 is 0 Å². The largest absolute Gasteiger partial charge is 0.240 e. The van der Waals surface area contributed by atoms with Gasteiger partial charge in [0.15, 0.2) is 0 Å². The fraction of sp³-hybridized carbons (Fsp3) is 0.478. The van der Waals surface area contributed by atoms with Crippen molar-refractivity contribution < 1.29 is 16.8 Å². The van der Waals surface area contributed by atoms with Crippen molar-refractivity contribution in [1.82, 2.24) is 9.44 Å². The van der Waals surface area contributed by atoms with E-state index in [1.165, 1.54) is 37.7 Å². The van der Waals surface area contributed by atoms with Crippen molar-refractivity contribution in [2.75, 3.05) is 0 Å². The van der Waals surface area contributed by atoms with E-state index >= 15 is 0 Å². The highest BCUT2D eigenvalue weighted by molar-refractivity contribution is 7.89. The lowest BCUT2D eigenvalue weighted by Gasteiger charge is -2.22. The highest BCUT2D eigenvalue weighted by Crippen LogP contribution is 2.32. The summed E-state index contributed by atoms with van der Waals surface area (Å²) in [6, 6.07) is 14.0. The monoisotopic (exact) mass is 464 g/mol. The molecular weight excluding hydrogens is 432 g/mol. The SMILES string of the molecule is CC(C)NS(=O)(=O)Cc1ccc(CNS(=O)(=O)c2ccc(C3CCCCC3)cc2)cc1. The number of benzene rings is 2. The van der Waals surface area contributed by atoms with Gasteiger partial charge in [0.2, 0.25) is 20.0 Å². The molecule has 2 aromatic rings. The van der Waals surface area contributed by atoms with E-state index in [1.54, 1.807) is 50.2 Å². The van der Waals surface area contributed by atoms with E-state index in [2.05, 4.69) is 9.44 Å². The molecule has 0 radical (unpaired) electrons. The van der Waals surface area contributed by atoms with Crippen molar-refractivity contribution >= 4 is 20.0 Å². The second-order valence-corrected chi connectivity index (χ2v) is 12.1. The zero-order valence-corrected chi connectivity index (χ0v) is 19.8. The van der Waals surface area contributed by atoms with Crippen LogP contribution < -0.4 is 9.44 Å². The number of hydrogen-bond acceptors (Lipinski definition) is 4. The minimum atomic E-state index is -3.61. The maximum atomic E-state index is 12.7. The third-order valence-corrected chi connectivity index (χ3v) is 8.49. The molecule has 1 aliphatic carbocycles. The third kappa shape index (κ3) is 7.14. The lowest BCUT2D eigenvalue weighted by Crippen LogP contribution is -2.31. The van der Waals surface area contributed by atoms with Crippen molar-refractivity contribution in [3.8, 4) is 0 Å². The molecule has 2 aromatic carbocycles. The molecule has 0 atom stereocenters. The van der Waals surface area contributed by atoms with Gasteiger partial charge in [0.05, 0.1) is 10.6 Å². The fourth-order valence-electron chi connectivity index (χ4n) is 3.99. The van der Waals surface area contributed by atoms with E-state index in [9.17, 15) is 16.8 Å². The Labute approximate surface area is 186 Å². The molecule has 2 N–H and O–H groups in total. The predicted octanol–water partition coefficient (Wildman–Crippen LogP) is 4.04. The number of rotatable bonds is 9. The lowest BCUT2D eigenvalue weighted by atomic mass is 9.84. The van der Waals surface area contributed by atoms with Gasteiger partial charge in [-0.1, -0.05) is 55.7 Å². The zero-order valence-electron chi connectivity index (χ0n) is 18.2. The van der Waals surface area contributed by atoms with Gasteiger partial charge in [-0.05, 0) is 61.4 Å². The Bertz CT molecular complexity index is 1060. The third-order valence-electron chi connectivity index (χ3n) is 5.53. The van der Waals surface area contributed by atoms with Gasteiger partial charge in [0.1, 0.15) is 0 Å². The fourth-order valence-corrected chi connectivity index (χ4v) is 6.44. The molecule has 31 heavy (non-hydrogen) atoms. The molecule has 1 fully saturated rings. The second-order valence-electron chi connectivity index (χ2n) is 8.58. The molecule has 0 saturated heterocycles. The van der Waals surface area contributed by atoms with E-state index in [4.69, 9.17) is 0 Å². The molecule has 3 rings (SSSR count). The highest BCUT2D eigenvalue weighted by atomic mass is 32.2. The van der Waals surface area contributed by atoms with E-state index in [0.717, 1.165) is 5.56 Å². The Morgan fingerprint density at radius 1 is 0.839 bits per heavy atom. The molecule has 0 aliphatic heterocycles. The van der Waals surface area contributed by atoms with E-state index in [-0.39, 0.29) is 23.2 Å². The summed E-state index contributed by atoms with van der Waals surface area (Å²) in [5, 5.41) is 0. The molecule has 0 aromatic heterocycles. The van der Waals surface area contributed by atoms with Crippen LogP contribution in [0.5, 0.6) is 0 Å². The van der Waals surface area contributed by atoms with E-state index in [1.807, 2.05) is 12.1 Å². The summed E-state index contributed by atoms with van der Waals surface area (Å²) >= 11 is 0. The van der Waals surface area contributed by atoms with Gasteiger partial charge in [-0.2, -0.15) is 0 Å². The molecule has 0 bridgehead atoms. The van der Waals surface area contributed by atoms with Crippen LogP contribution in [0.3, 0.4) is 0 Å². The van der Waals surface area contributed by atoms with Gasteiger partial charge in [0.25, 0.3) is 0 Å². The van der Waals surface area contributed by atoms with Crippen molar-refractivity contribution in [1.29, 1.82) is 0 Å². The van der Waals surface area contributed by atoms with Gasteiger partial charge in [0, 0.05) is 12.6 Å². The summed E-state index contributed by atoms with van der Waals surface area (Å²) in [5.41, 5.74) is 2.63. The second kappa shape index (κ2) is 10.3. The highest BCUT2D eigenvalue weighted by Gasteiger charge is 2.18. The average Bonchev–Trinajstić information content (AvgIpc) is 2.73. The Kier molecular flexibility index (Phi) is 7.91. The molecule has 1 aliphatic rings. The maximum absolute atomic E-state index is 12.7. The summed E-state index contributed by atoms with van der Waals surface area (Å²) in [4.78, 5) is 0.259. The van der Waals surface area contributed by atoms with Crippen LogP contribution in [0.15, 0.2) is 53.4 Å². The topological polar surface area (TPSA) is 92.3 Å². The molecule has 170 valence electrons. The van der Waals surface area contributed by atoms with Crippen molar-refractivity contribution in [3.05, 3.63) is 65.2 Å². The molecule has 0 heterocycles. The predicted molar refractivity (Wildman–Crippen MR) is 124 cm³/mol. The molecule has 6 nitrogen and oxygen atoms in total. The van der Waals surface area contributed by atoms with Crippen LogP contribution in [0, 0.1) is 0 Å². The van der Waals surface area contributed by atoms with E-state index in [0.29, 0.717) is 11.5 Å². The van der Waals surface area contributed by atoms with Crippen LogP contribution in [0.2, 0.25) is 0 Å². The normalized spacial score (nSPS) is 16.0. The summed E-state index contributed by atoms with van der Waals surface area (Å²) in [5.74, 6) is 0.432. The number of nitrogens with one attached hydrogen (secondary N) is 2. The molecular formula is C23H32N2O4S2. The summed E-state index contributed by atoms with van der Waals surface area (Å²) < 4.78 is 54.5. The zero-order chi connectivity index (χ0) is 22.5. The van der Waals surface area contributed by atoms with Crippen molar-refractivity contribution in [2.24, 2.45) is 0 Å². The first-order chi connectivity index (χ1) is 14.6. The summed E-state index contributed by atoms with van der Waals surface area (Å²) in [6.07, 6.45) is 6.12. The first kappa shape index (κ1) is 23.9. The van der Waals surface area contributed by atoms with Crippen LogP contribution in [0.1, 0.15) is 68.6 Å². The summed E-state index contributed by atoms with van der Waals surface area (Å²) in [6.45, 7) is 3.69. The average molecular weight is 465 g/mol. The Hall–Kier alpha value is -1.74. The van der Waals surface area contributed by atoms with Crippen LogP contribution in [-0.4, -0.2) is 22.9 Å². The van der Waals surface area contributed by atoms with Crippen LogP contribution in [0.25, 0.3) is 0 Å². The first-order valence-electron chi connectivity index (χ1n) is 10.8. The van der Waals surface area contributed by atoms with Crippen LogP contribution in [0.4, 0.5) is 0 Å². The van der Waals surface area contributed by atoms with Gasteiger partial charge in [-0.15, -0.1) is 0 Å². The number of hydrogen-bond donors (Lipinski definition) is 2. The number of sulfonamides is 2. The summed E-state index contributed by atoms with van der Waals surface area (Å²) in [7, 11) is -7.01. The van der Waals surface area contributed by atoms with Gasteiger partial charge < -0.3 is 0 Å². The molecule has 8 heteroatoms. The van der Waals surface area contributed by atoms with Gasteiger partial charge >= 0.3 is 0 Å². The standard InChI is InChI=1S/C23H32N2O4S2/c1-18(2)25-30(26,27)17-20-10-8-19(9-11-20)16-24-31(28,29)23-14-12-22(13-15-23)21-6-4-3-5-7-21/h8-15,18,21,24-25H,3-7,16-17H2,1-2H3. The van der Waals surface area contributed by atoms with Crippen molar-refractivity contribution in [3.63, 3.8) is 0 Å². The Morgan fingerprint density at radius 3 is 2.00 bits per heavy atom. The molecule has 0 unspecified atom stereocenters.